The largest absolute Gasteiger partial charge is 0.395 e. The highest BCUT2D eigenvalue weighted by molar-refractivity contribution is 7.99. The van der Waals surface area contributed by atoms with Gasteiger partial charge in [-0.05, 0) is 36.9 Å². The van der Waals surface area contributed by atoms with Crippen molar-refractivity contribution >= 4 is 35.0 Å². The summed E-state index contributed by atoms with van der Waals surface area (Å²) in [7, 11) is 0. The number of halogens is 2. The zero-order valence-corrected chi connectivity index (χ0v) is 12.2. The van der Waals surface area contributed by atoms with Crippen molar-refractivity contribution in [3.63, 3.8) is 0 Å². The third-order valence-electron chi connectivity index (χ3n) is 2.66. The summed E-state index contributed by atoms with van der Waals surface area (Å²) in [4.78, 5) is 0. The highest BCUT2D eigenvalue weighted by atomic mass is 35.5. The molecule has 1 aromatic rings. The fourth-order valence-electron chi connectivity index (χ4n) is 1.52. The molecule has 0 aliphatic rings. The summed E-state index contributed by atoms with van der Waals surface area (Å²) >= 11 is 13.6. The molecule has 1 aromatic carbocycles. The van der Waals surface area contributed by atoms with Crippen LogP contribution in [-0.4, -0.2) is 29.3 Å². The van der Waals surface area contributed by atoms with Crippen molar-refractivity contribution in [3.05, 3.63) is 33.8 Å². The number of rotatable bonds is 6. The lowest BCUT2D eigenvalue weighted by Gasteiger charge is -2.21. The van der Waals surface area contributed by atoms with E-state index < -0.39 is 0 Å². The standard InChI is InChI=1S/C12H17Cl2NOS/c1-8(12(7-16)17-2)15-6-9-5-10(13)3-4-11(9)14/h3-5,8,12,15-16H,6-7H2,1-2H3. The number of aliphatic hydroxyl groups is 1. The molecule has 2 N–H and O–H groups in total. The van der Waals surface area contributed by atoms with Crippen LogP contribution in [0.2, 0.25) is 10.0 Å². The molecule has 0 aliphatic carbocycles. The van der Waals surface area contributed by atoms with Gasteiger partial charge in [0.1, 0.15) is 0 Å². The van der Waals surface area contributed by atoms with Crippen molar-refractivity contribution in [2.45, 2.75) is 24.8 Å². The van der Waals surface area contributed by atoms with Crippen LogP contribution in [-0.2, 0) is 6.54 Å². The summed E-state index contributed by atoms with van der Waals surface area (Å²) in [5, 5.41) is 14.1. The highest BCUT2D eigenvalue weighted by Gasteiger charge is 2.14. The third-order valence-corrected chi connectivity index (χ3v) is 4.43. The molecule has 0 aromatic heterocycles. The van der Waals surface area contributed by atoms with Gasteiger partial charge in [-0.25, -0.2) is 0 Å². The number of thioether (sulfide) groups is 1. The average Bonchev–Trinajstić information content (AvgIpc) is 2.32. The molecule has 0 amide bonds. The van der Waals surface area contributed by atoms with Crippen molar-refractivity contribution in [2.75, 3.05) is 12.9 Å². The van der Waals surface area contributed by atoms with Crippen molar-refractivity contribution in [3.8, 4) is 0 Å². The maximum Gasteiger partial charge on any atom is 0.0564 e. The van der Waals surface area contributed by atoms with E-state index in [1.54, 1.807) is 23.9 Å². The predicted molar refractivity (Wildman–Crippen MR) is 77.2 cm³/mol. The van der Waals surface area contributed by atoms with Crippen LogP contribution >= 0.6 is 35.0 Å². The predicted octanol–water partition coefficient (Wildman–Crippen LogP) is 3.20. The quantitative estimate of drug-likeness (QED) is 0.845. The monoisotopic (exact) mass is 293 g/mol. The maximum absolute atomic E-state index is 9.18. The van der Waals surface area contributed by atoms with Crippen LogP contribution in [0, 0.1) is 0 Å². The molecule has 2 unspecified atom stereocenters. The molecule has 0 heterocycles. The normalized spacial score (nSPS) is 14.6. The second-order valence-corrected chi connectivity index (χ2v) is 5.78. The Morgan fingerprint density at radius 1 is 1.41 bits per heavy atom. The molecule has 0 radical (unpaired) electrons. The van der Waals surface area contributed by atoms with Gasteiger partial charge in [0.15, 0.2) is 0 Å². The molecule has 17 heavy (non-hydrogen) atoms. The molecule has 2 nitrogen and oxygen atoms in total. The topological polar surface area (TPSA) is 32.3 Å². The van der Waals surface area contributed by atoms with Gasteiger partial charge in [-0.1, -0.05) is 23.2 Å². The Balaban J connectivity index is 2.57. The Bertz CT molecular complexity index is 358. The summed E-state index contributed by atoms with van der Waals surface area (Å²) in [5.74, 6) is 0. The number of benzene rings is 1. The van der Waals surface area contributed by atoms with Crippen LogP contribution < -0.4 is 5.32 Å². The fraction of sp³-hybridized carbons (Fsp3) is 0.500. The van der Waals surface area contributed by atoms with E-state index in [0.29, 0.717) is 16.6 Å². The summed E-state index contributed by atoms with van der Waals surface area (Å²) in [6, 6.07) is 5.64. The van der Waals surface area contributed by atoms with Gasteiger partial charge >= 0.3 is 0 Å². The Morgan fingerprint density at radius 3 is 2.71 bits per heavy atom. The van der Waals surface area contributed by atoms with Crippen LogP contribution in [0.5, 0.6) is 0 Å². The molecule has 0 saturated heterocycles. The minimum absolute atomic E-state index is 0.165. The van der Waals surface area contributed by atoms with Crippen LogP contribution in [0.3, 0.4) is 0 Å². The second kappa shape index (κ2) is 7.49. The van der Waals surface area contributed by atoms with Crippen molar-refractivity contribution in [2.24, 2.45) is 0 Å². The maximum atomic E-state index is 9.18. The SMILES string of the molecule is CSC(CO)C(C)NCc1cc(Cl)ccc1Cl. The first-order valence-electron chi connectivity index (χ1n) is 5.39. The lowest BCUT2D eigenvalue weighted by atomic mass is 10.2. The number of nitrogens with one attached hydrogen (secondary N) is 1. The molecular weight excluding hydrogens is 277 g/mol. The number of aliphatic hydroxyl groups excluding tert-OH is 1. The summed E-state index contributed by atoms with van der Waals surface area (Å²) < 4.78 is 0. The van der Waals surface area contributed by atoms with Gasteiger partial charge < -0.3 is 10.4 Å². The molecule has 96 valence electrons. The minimum Gasteiger partial charge on any atom is -0.395 e. The van der Waals surface area contributed by atoms with E-state index >= 15 is 0 Å². The van der Waals surface area contributed by atoms with Gasteiger partial charge in [0.25, 0.3) is 0 Å². The first-order valence-corrected chi connectivity index (χ1v) is 7.43. The van der Waals surface area contributed by atoms with E-state index in [2.05, 4.69) is 12.2 Å². The van der Waals surface area contributed by atoms with Crippen molar-refractivity contribution in [1.29, 1.82) is 0 Å². The smallest absolute Gasteiger partial charge is 0.0564 e. The van der Waals surface area contributed by atoms with E-state index in [-0.39, 0.29) is 17.9 Å². The Kier molecular flexibility index (Phi) is 6.67. The van der Waals surface area contributed by atoms with Crippen LogP contribution in [0.4, 0.5) is 0 Å². The van der Waals surface area contributed by atoms with E-state index in [1.807, 2.05) is 12.3 Å². The molecule has 1 rings (SSSR count). The molecule has 0 aliphatic heterocycles. The molecule has 0 fully saturated rings. The lowest BCUT2D eigenvalue weighted by molar-refractivity contribution is 0.276. The van der Waals surface area contributed by atoms with Crippen LogP contribution in [0.1, 0.15) is 12.5 Å². The number of hydrogen-bond acceptors (Lipinski definition) is 3. The van der Waals surface area contributed by atoms with Gasteiger partial charge in [0.05, 0.1) is 6.61 Å². The molecule has 0 bridgehead atoms. The summed E-state index contributed by atoms with van der Waals surface area (Å²) in [6.07, 6.45) is 1.99. The Hall–Kier alpha value is 0.0700. The van der Waals surface area contributed by atoms with Crippen molar-refractivity contribution < 1.29 is 5.11 Å². The third kappa shape index (κ3) is 4.68. The minimum atomic E-state index is 0.165. The molecular formula is C12H17Cl2NOS. The second-order valence-electron chi connectivity index (χ2n) is 3.86. The lowest BCUT2D eigenvalue weighted by Crippen LogP contribution is -2.37. The summed E-state index contributed by atoms with van der Waals surface area (Å²) in [6.45, 7) is 2.87. The summed E-state index contributed by atoms with van der Waals surface area (Å²) in [5.41, 5.74) is 0.976. The first-order chi connectivity index (χ1) is 8.08. The van der Waals surface area contributed by atoms with Crippen molar-refractivity contribution in [1.82, 2.24) is 5.32 Å². The molecule has 5 heteroatoms. The van der Waals surface area contributed by atoms with Crippen LogP contribution in [0.25, 0.3) is 0 Å². The number of hydrogen-bond donors (Lipinski definition) is 2. The van der Waals surface area contributed by atoms with E-state index in [0.717, 1.165) is 5.56 Å². The van der Waals surface area contributed by atoms with Gasteiger partial charge in [-0.2, -0.15) is 11.8 Å². The first kappa shape index (κ1) is 15.1. The van der Waals surface area contributed by atoms with E-state index in [9.17, 15) is 5.11 Å². The molecule has 0 saturated carbocycles. The Labute approximate surface area is 117 Å². The van der Waals surface area contributed by atoms with Gasteiger partial charge in [0.2, 0.25) is 0 Å². The van der Waals surface area contributed by atoms with Crippen LogP contribution in [0.15, 0.2) is 18.2 Å². The van der Waals surface area contributed by atoms with Gasteiger partial charge in [-0.15, -0.1) is 0 Å². The zero-order chi connectivity index (χ0) is 12.8. The molecule has 2 atom stereocenters. The average molecular weight is 294 g/mol. The van der Waals surface area contributed by atoms with Gasteiger partial charge in [-0.3, -0.25) is 0 Å². The van der Waals surface area contributed by atoms with E-state index in [1.165, 1.54) is 0 Å². The Morgan fingerprint density at radius 2 is 2.12 bits per heavy atom. The van der Waals surface area contributed by atoms with E-state index in [4.69, 9.17) is 23.2 Å². The highest BCUT2D eigenvalue weighted by Crippen LogP contribution is 2.21. The van der Waals surface area contributed by atoms with Gasteiger partial charge in [0, 0.05) is 27.9 Å². The zero-order valence-electron chi connectivity index (χ0n) is 9.91. The molecule has 0 spiro atoms. The fourth-order valence-corrected chi connectivity index (χ4v) is 2.55.